The van der Waals surface area contributed by atoms with Gasteiger partial charge in [0.2, 0.25) is 5.95 Å². The Bertz CT molecular complexity index is 1080. The molecule has 10 nitrogen and oxygen atoms in total. The van der Waals surface area contributed by atoms with Gasteiger partial charge >= 0.3 is 6.09 Å². The Morgan fingerprint density at radius 1 is 1.02 bits per heavy atom. The third kappa shape index (κ3) is 7.17. The van der Waals surface area contributed by atoms with Gasteiger partial charge in [-0.15, -0.1) is 0 Å². The molecule has 3 aliphatic rings. The van der Waals surface area contributed by atoms with Crippen molar-refractivity contribution in [3.63, 3.8) is 0 Å². The highest BCUT2D eigenvalue weighted by molar-refractivity contribution is 5.84. The molecule has 0 bridgehead atoms. The summed E-state index contributed by atoms with van der Waals surface area (Å²) in [7, 11) is 0. The fourth-order valence-corrected chi connectivity index (χ4v) is 6.56. The molecule has 0 spiro atoms. The molecule has 1 aliphatic heterocycles. The van der Waals surface area contributed by atoms with Gasteiger partial charge in [-0.1, -0.05) is 46.0 Å². The fourth-order valence-electron chi connectivity index (χ4n) is 6.56. The Morgan fingerprint density at radius 3 is 2.45 bits per heavy atom. The van der Waals surface area contributed by atoms with E-state index in [-0.39, 0.29) is 12.1 Å². The molecule has 4 N–H and O–H groups in total. The number of fused-ring (bicyclic) bond motifs is 1. The third-order valence-corrected chi connectivity index (χ3v) is 9.32. The number of rotatable bonds is 11. The number of piperidine rings is 1. The van der Waals surface area contributed by atoms with Gasteiger partial charge in [0, 0.05) is 37.3 Å². The number of carbonyl (C=O) groups excluding carboxylic acids is 1. The van der Waals surface area contributed by atoms with E-state index in [0.717, 1.165) is 68.3 Å². The van der Waals surface area contributed by atoms with Gasteiger partial charge in [0.15, 0.2) is 17.0 Å². The van der Waals surface area contributed by atoms with Crippen molar-refractivity contribution in [1.29, 1.82) is 0 Å². The summed E-state index contributed by atoms with van der Waals surface area (Å²) >= 11 is 0. The van der Waals surface area contributed by atoms with Crippen LogP contribution >= 0.6 is 0 Å². The quantitative estimate of drug-likeness (QED) is 0.316. The molecule has 1 atom stereocenters. The first kappa shape index (κ1) is 28.9. The van der Waals surface area contributed by atoms with Crippen molar-refractivity contribution in [3.05, 3.63) is 6.33 Å². The second-order valence-corrected chi connectivity index (χ2v) is 12.3. The van der Waals surface area contributed by atoms with Crippen LogP contribution in [-0.4, -0.2) is 68.3 Å². The predicted octanol–water partition coefficient (Wildman–Crippen LogP) is 5.85. The maximum absolute atomic E-state index is 12.7. The SMILES string of the molecule is CCCCC(CC)COC(=O)N1CCC(Nc2nc(N[C@H]3CC[C@H](N)CC3)nc3c2ncn3C2CCCC2)CC1. The smallest absolute Gasteiger partial charge is 0.409 e. The molecule has 1 amide bonds. The molecule has 1 saturated heterocycles. The number of unbranched alkanes of at least 4 members (excludes halogenated alkanes) is 1. The first-order valence-electron chi connectivity index (χ1n) is 16.0. The van der Waals surface area contributed by atoms with Crippen LogP contribution in [0.1, 0.15) is 110 Å². The average Bonchev–Trinajstić information content (AvgIpc) is 3.65. The highest BCUT2D eigenvalue weighted by Gasteiger charge is 2.28. The number of hydrogen-bond acceptors (Lipinski definition) is 8. The largest absolute Gasteiger partial charge is 0.449 e. The molecule has 0 radical (unpaired) electrons. The molecule has 2 aromatic rings. The Labute approximate surface area is 239 Å². The molecule has 2 aromatic heterocycles. The molecular formula is C30H50N8O2. The lowest BCUT2D eigenvalue weighted by Crippen LogP contribution is -2.43. The fraction of sp³-hybridized carbons (Fsp3) is 0.800. The van der Waals surface area contributed by atoms with E-state index in [9.17, 15) is 4.79 Å². The van der Waals surface area contributed by atoms with E-state index in [2.05, 4.69) is 29.0 Å². The number of ether oxygens (including phenoxy) is 1. The van der Waals surface area contributed by atoms with Crippen molar-refractivity contribution in [3.8, 4) is 0 Å². The number of anilines is 2. The van der Waals surface area contributed by atoms with E-state index in [4.69, 9.17) is 25.4 Å². The monoisotopic (exact) mass is 554 g/mol. The third-order valence-electron chi connectivity index (χ3n) is 9.32. The zero-order chi connectivity index (χ0) is 27.9. The van der Waals surface area contributed by atoms with Gasteiger partial charge in [0.25, 0.3) is 0 Å². The molecule has 3 heterocycles. The second-order valence-electron chi connectivity index (χ2n) is 12.3. The Hall–Kier alpha value is -2.62. The summed E-state index contributed by atoms with van der Waals surface area (Å²) in [6.07, 6.45) is 17.0. The van der Waals surface area contributed by atoms with Crippen LogP contribution < -0.4 is 16.4 Å². The number of nitrogens with two attached hydrogens (primary N) is 1. The number of nitrogens with zero attached hydrogens (tertiary/aromatic N) is 5. The second kappa shape index (κ2) is 13.8. The van der Waals surface area contributed by atoms with Crippen LogP contribution in [0.5, 0.6) is 0 Å². The predicted molar refractivity (Wildman–Crippen MR) is 160 cm³/mol. The first-order valence-corrected chi connectivity index (χ1v) is 16.0. The summed E-state index contributed by atoms with van der Waals surface area (Å²) in [6, 6.07) is 1.32. The van der Waals surface area contributed by atoms with Gasteiger partial charge in [-0.25, -0.2) is 9.78 Å². The van der Waals surface area contributed by atoms with Crippen molar-refractivity contribution in [2.45, 2.75) is 128 Å². The molecule has 0 aromatic carbocycles. The van der Waals surface area contributed by atoms with Crippen LogP contribution in [0.2, 0.25) is 0 Å². The lowest BCUT2D eigenvalue weighted by molar-refractivity contribution is 0.0779. The van der Waals surface area contributed by atoms with Crippen LogP contribution in [-0.2, 0) is 4.74 Å². The lowest BCUT2D eigenvalue weighted by Gasteiger charge is -2.32. The van der Waals surface area contributed by atoms with Crippen LogP contribution in [0.15, 0.2) is 6.33 Å². The van der Waals surface area contributed by atoms with E-state index in [1.807, 2.05) is 11.2 Å². The van der Waals surface area contributed by atoms with Crippen molar-refractivity contribution in [2.24, 2.45) is 11.7 Å². The van der Waals surface area contributed by atoms with Gasteiger partial charge < -0.3 is 30.6 Å². The molecule has 5 rings (SSSR count). The number of carbonyl (C=O) groups is 1. The summed E-state index contributed by atoms with van der Waals surface area (Å²) in [5.41, 5.74) is 7.88. The highest BCUT2D eigenvalue weighted by atomic mass is 16.6. The van der Waals surface area contributed by atoms with Gasteiger partial charge in [0.05, 0.1) is 12.9 Å². The molecule has 3 fully saturated rings. The maximum atomic E-state index is 12.7. The number of likely N-dealkylation sites (tertiary alicyclic amines) is 1. The van der Waals surface area contributed by atoms with Gasteiger partial charge in [0.1, 0.15) is 0 Å². The van der Waals surface area contributed by atoms with E-state index in [1.165, 1.54) is 38.5 Å². The van der Waals surface area contributed by atoms with Crippen molar-refractivity contribution in [1.82, 2.24) is 24.4 Å². The zero-order valence-corrected chi connectivity index (χ0v) is 24.6. The molecule has 40 heavy (non-hydrogen) atoms. The summed E-state index contributed by atoms with van der Waals surface area (Å²) < 4.78 is 7.97. The van der Waals surface area contributed by atoms with E-state index in [1.54, 1.807) is 0 Å². The minimum absolute atomic E-state index is 0.174. The Morgan fingerprint density at radius 2 is 1.75 bits per heavy atom. The summed E-state index contributed by atoms with van der Waals surface area (Å²) in [4.78, 5) is 29.3. The molecular weight excluding hydrogens is 504 g/mol. The van der Waals surface area contributed by atoms with Crippen molar-refractivity contribution in [2.75, 3.05) is 30.3 Å². The van der Waals surface area contributed by atoms with Crippen LogP contribution in [0.3, 0.4) is 0 Å². The average molecular weight is 555 g/mol. The van der Waals surface area contributed by atoms with Crippen LogP contribution in [0.25, 0.3) is 11.2 Å². The zero-order valence-electron chi connectivity index (χ0n) is 24.6. The lowest BCUT2D eigenvalue weighted by atomic mass is 9.92. The molecule has 2 aliphatic carbocycles. The van der Waals surface area contributed by atoms with E-state index < -0.39 is 0 Å². The molecule has 222 valence electrons. The molecule has 1 unspecified atom stereocenters. The standard InChI is InChI=1S/C30H50N8O2/c1-3-5-8-21(4-2)19-40-30(39)37-17-15-24(16-18-37)33-27-26-28(38(20-32-26)25-9-6-7-10-25)36-29(35-27)34-23-13-11-22(31)12-14-23/h20-25H,3-19,31H2,1-2H3,(H2,33,34,35,36)/t21?,22-,23-. The van der Waals surface area contributed by atoms with Gasteiger partial charge in [-0.05, 0) is 63.7 Å². The summed E-state index contributed by atoms with van der Waals surface area (Å²) in [5, 5.41) is 7.30. The Kier molecular flexibility index (Phi) is 9.99. The number of aromatic nitrogens is 4. The summed E-state index contributed by atoms with van der Waals surface area (Å²) in [6.45, 7) is 6.27. The van der Waals surface area contributed by atoms with Gasteiger partial charge in [-0.2, -0.15) is 9.97 Å². The van der Waals surface area contributed by atoms with Gasteiger partial charge in [-0.3, -0.25) is 0 Å². The normalized spacial score (nSPS) is 23.4. The number of imidazole rings is 1. The number of amides is 1. The minimum atomic E-state index is -0.174. The molecule has 2 saturated carbocycles. The number of nitrogens with one attached hydrogen (secondary N) is 2. The highest BCUT2D eigenvalue weighted by Crippen LogP contribution is 2.34. The minimum Gasteiger partial charge on any atom is -0.449 e. The Balaban J connectivity index is 1.23. The number of hydrogen-bond donors (Lipinski definition) is 3. The first-order chi connectivity index (χ1) is 19.5. The van der Waals surface area contributed by atoms with Crippen molar-refractivity contribution < 1.29 is 9.53 Å². The summed E-state index contributed by atoms with van der Waals surface area (Å²) in [5.74, 6) is 1.92. The topological polar surface area (TPSA) is 123 Å². The van der Waals surface area contributed by atoms with Crippen LogP contribution in [0, 0.1) is 5.92 Å². The van der Waals surface area contributed by atoms with Crippen molar-refractivity contribution >= 4 is 29.0 Å². The maximum Gasteiger partial charge on any atom is 0.409 e. The molecule has 10 heteroatoms. The van der Waals surface area contributed by atoms with E-state index >= 15 is 0 Å². The van der Waals surface area contributed by atoms with E-state index in [0.29, 0.717) is 49.7 Å². The van der Waals surface area contributed by atoms with Crippen LogP contribution in [0.4, 0.5) is 16.6 Å².